The molecule has 0 aliphatic rings. The smallest absolute Gasteiger partial charge is 0.0835 e. The van der Waals surface area contributed by atoms with Crippen molar-refractivity contribution >= 4 is 0 Å². The zero-order valence-corrected chi connectivity index (χ0v) is 14.0. The Morgan fingerprint density at radius 3 is 1.95 bits per heavy atom. The summed E-state index contributed by atoms with van der Waals surface area (Å²) in [4.78, 5) is 0. The molecule has 0 fully saturated rings. The number of benzene rings is 2. The summed E-state index contributed by atoms with van der Waals surface area (Å²) >= 11 is 0. The molecule has 1 unspecified atom stereocenters. The van der Waals surface area contributed by atoms with Gasteiger partial charge in [0.05, 0.1) is 6.10 Å². The van der Waals surface area contributed by atoms with Crippen LogP contribution in [0.1, 0.15) is 50.6 Å². The van der Waals surface area contributed by atoms with Gasteiger partial charge in [-0.15, -0.1) is 0 Å². The van der Waals surface area contributed by atoms with E-state index in [1.54, 1.807) is 0 Å². The summed E-state index contributed by atoms with van der Waals surface area (Å²) in [5.41, 5.74) is 9.79. The van der Waals surface area contributed by atoms with E-state index < -0.39 is 6.10 Å². The van der Waals surface area contributed by atoms with Gasteiger partial charge in [-0.2, -0.15) is 0 Å². The quantitative estimate of drug-likeness (QED) is 0.856. The van der Waals surface area contributed by atoms with Gasteiger partial charge in [-0.3, -0.25) is 0 Å². The van der Waals surface area contributed by atoms with E-state index in [0.717, 1.165) is 5.56 Å². The fourth-order valence-electron chi connectivity index (χ4n) is 3.08. The van der Waals surface area contributed by atoms with Gasteiger partial charge in [0.2, 0.25) is 0 Å². The van der Waals surface area contributed by atoms with E-state index in [9.17, 15) is 5.11 Å². The average molecular weight is 282 g/mol. The van der Waals surface area contributed by atoms with E-state index in [0.29, 0.717) is 6.42 Å². The third-order valence-corrected chi connectivity index (χ3v) is 4.68. The zero-order valence-electron chi connectivity index (χ0n) is 14.0. The van der Waals surface area contributed by atoms with E-state index in [1.807, 2.05) is 0 Å². The molecule has 1 nitrogen and oxygen atoms in total. The lowest BCUT2D eigenvalue weighted by Gasteiger charge is -2.21. The van der Waals surface area contributed by atoms with Crippen molar-refractivity contribution in [3.63, 3.8) is 0 Å². The molecule has 1 heteroatoms. The van der Waals surface area contributed by atoms with Crippen LogP contribution in [0.4, 0.5) is 0 Å². The van der Waals surface area contributed by atoms with Crippen molar-refractivity contribution in [2.75, 3.05) is 0 Å². The molecule has 2 aromatic carbocycles. The summed E-state index contributed by atoms with van der Waals surface area (Å²) in [6.45, 7) is 12.7. The molecule has 21 heavy (non-hydrogen) atoms. The molecule has 0 aliphatic heterocycles. The molecule has 2 aromatic rings. The van der Waals surface area contributed by atoms with Gasteiger partial charge in [-0.25, -0.2) is 0 Å². The first kappa shape index (κ1) is 15.8. The third kappa shape index (κ3) is 3.19. The highest BCUT2D eigenvalue weighted by Crippen LogP contribution is 2.30. The summed E-state index contributed by atoms with van der Waals surface area (Å²) < 4.78 is 0. The van der Waals surface area contributed by atoms with Crippen molar-refractivity contribution < 1.29 is 5.11 Å². The lowest BCUT2D eigenvalue weighted by Crippen LogP contribution is -2.09. The van der Waals surface area contributed by atoms with Crippen molar-refractivity contribution in [1.82, 2.24) is 0 Å². The molecule has 2 rings (SSSR count). The van der Waals surface area contributed by atoms with E-state index in [4.69, 9.17) is 0 Å². The number of aliphatic hydroxyl groups is 1. The van der Waals surface area contributed by atoms with Gasteiger partial charge < -0.3 is 5.11 Å². The number of aliphatic hydroxyl groups excluding tert-OH is 1. The molecular weight excluding hydrogens is 256 g/mol. The van der Waals surface area contributed by atoms with Crippen molar-refractivity contribution in [3.05, 3.63) is 68.8 Å². The Kier molecular flexibility index (Phi) is 4.53. The maximum absolute atomic E-state index is 10.8. The van der Waals surface area contributed by atoms with Crippen LogP contribution < -0.4 is 0 Å². The normalized spacial score (nSPS) is 12.5. The van der Waals surface area contributed by atoms with Crippen molar-refractivity contribution in [3.8, 4) is 0 Å². The molecule has 0 heterocycles. The Bertz CT molecular complexity index is 642. The zero-order chi connectivity index (χ0) is 15.7. The molecule has 0 saturated carbocycles. The van der Waals surface area contributed by atoms with Gasteiger partial charge in [0.25, 0.3) is 0 Å². The second-order valence-corrected chi connectivity index (χ2v) is 6.32. The third-order valence-electron chi connectivity index (χ3n) is 4.68. The first-order valence-electron chi connectivity index (χ1n) is 7.62. The van der Waals surface area contributed by atoms with Gasteiger partial charge in [-0.1, -0.05) is 29.8 Å². The summed E-state index contributed by atoms with van der Waals surface area (Å²) in [6, 6.07) is 8.65. The van der Waals surface area contributed by atoms with Crippen molar-refractivity contribution in [2.24, 2.45) is 0 Å². The summed E-state index contributed by atoms with van der Waals surface area (Å²) in [7, 11) is 0. The highest BCUT2D eigenvalue weighted by atomic mass is 16.3. The highest BCUT2D eigenvalue weighted by Gasteiger charge is 2.17. The van der Waals surface area contributed by atoms with Gasteiger partial charge in [0, 0.05) is 6.42 Å². The maximum Gasteiger partial charge on any atom is 0.0835 e. The largest absolute Gasteiger partial charge is 0.388 e. The fourth-order valence-corrected chi connectivity index (χ4v) is 3.08. The van der Waals surface area contributed by atoms with Crippen LogP contribution in [-0.4, -0.2) is 5.11 Å². The van der Waals surface area contributed by atoms with Crippen LogP contribution in [0.5, 0.6) is 0 Å². The minimum atomic E-state index is -0.441. The minimum absolute atomic E-state index is 0.441. The number of rotatable bonds is 3. The van der Waals surface area contributed by atoms with Crippen LogP contribution in [-0.2, 0) is 6.42 Å². The fraction of sp³-hybridized carbons (Fsp3) is 0.400. The molecule has 0 spiro atoms. The van der Waals surface area contributed by atoms with Gasteiger partial charge in [0.15, 0.2) is 0 Å². The first-order valence-corrected chi connectivity index (χ1v) is 7.62. The van der Waals surface area contributed by atoms with E-state index in [1.165, 1.54) is 38.9 Å². The monoisotopic (exact) mass is 282 g/mol. The second kappa shape index (κ2) is 6.03. The Balaban J connectivity index is 2.41. The molecule has 0 amide bonds. The van der Waals surface area contributed by atoms with Crippen LogP contribution in [0.25, 0.3) is 0 Å². The SMILES string of the molecule is Cc1ccc(C)c(CC(O)c2c(C)c(C)cc(C)c2C)c1. The molecule has 0 aromatic heterocycles. The second-order valence-electron chi connectivity index (χ2n) is 6.32. The number of aryl methyl sites for hydroxylation is 4. The molecule has 0 saturated heterocycles. The Morgan fingerprint density at radius 1 is 0.810 bits per heavy atom. The summed E-state index contributed by atoms with van der Waals surface area (Å²) in [6.07, 6.45) is 0.238. The summed E-state index contributed by atoms with van der Waals surface area (Å²) in [5.74, 6) is 0. The lowest BCUT2D eigenvalue weighted by molar-refractivity contribution is 0.176. The minimum Gasteiger partial charge on any atom is -0.388 e. The Labute approximate surface area is 128 Å². The lowest BCUT2D eigenvalue weighted by atomic mass is 9.88. The predicted octanol–water partition coefficient (Wildman–Crippen LogP) is 4.81. The standard InChI is InChI=1S/C20H26O/c1-12-7-8-13(2)18(9-12)11-19(21)20-16(5)14(3)10-15(4)17(20)6/h7-10,19,21H,11H2,1-6H3. The van der Waals surface area contributed by atoms with E-state index in [-0.39, 0.29) is 0 Å². The molecular formula is C20H26O. The first-order chi connectivity index (χ1) is 9.81. The predicted molar refractivity (Wildman–Crippen MR) is 90.0 cm³/mol. The molecule has 0 aliphatic carbocycles. The molecule has 0 bridgehead atoms. The van der Waals surface area contributed by atoms with Crippen LogP contribution in [0, 0.1) is 41.5 Å². The molecule has 0 radical (unpaired) electrons. The van der Waals surface area contributed by atoms with E-state index >= 15 is 0 Å². The molecule has 112 valence electrons. The maximum atomic E-state index is 10.8. The van der Waals surface area contributed by atoms with Gasteiger partial charge in [-0.05, 0) is 80.5 Å². The Morgan fingerprint density at radius 2 is 1.38 bits per heavy atom. The average Bonchev–Trinajstić information content (AvgIpc) is 2.41. The van der Waals surface area contributed by atoms with Crippen molar-refractivity contribution in [1.29, 1.82) is 0 Å². The van der Waals surface area contributed by atoms with Crippen LogP contribution in [0.3, 0.4) is 0 Å². The molecule has 1 N–H and O–H groups in total. The van der Waals surface area contributed by atoms with Gasteiger partial charge >= 0.3 is 0 Å². The van der Waals surface area contributed by atoms with Crippen LogP contribution in [0.15, 0.2) is 24.3 Å². The van der Waals surface area contributed by atoms with Crippen LogP contribution in [0.2, 0.25) is 0 Å². The topological polar surface area (TPSA) is 20.2 Å². The van der Waals surface area contributed by atoms with Gasteiger partial charge in [0.1, 0.15) is 0 Å². The molecule has 1 atom stereocenters. The summed E-state index contributed by atoms with van der Waals surface area (Å²) in [5, 5.41) is 10.8. The van der Waals surface area contributed by atoms with Crippen molar-refractivity contribution in [2.45, 2.75) is 54.1 Å². The number of hydrogen-bond acceptors (Lipinski definition) is 1. The van der Waals surface area contributed by atoms with E-state index in [2.05, 4.69) is 65.8 Å². The number of hydrogen-bond donors (Lipinski definition) is 1. The van der Waals surface area contributed by atoms with Crippen LogP contribution >= 0.6 is 0 Å². The highest BCUT2D eigenvalue weighted by molar-refractivity contribution is 5.46. The Hall–Kier alpha value is -1.60.